The van der Waals surface area contributed by atoms with E-state index in [1.165, 1.54) is 133 Å². The van der Waals surface area contributed by atoms with Gasteiger partial charge in [-0.15, -0.1) is 22.7 Å². The van der Waals surface area contributed by atoms with Crippen molar-refractivity contribution in [3.05, 3.63) is 71.8 Å². The van der Waals surface area contributed by atoms with Gasteiger partial charge in [0.2, 0.25) is 0 Å². The standard InChI is InChI=1S/C49H68B2O4S2/c1-11-13-15-17-19-21-31-49(32-22-20-18-16-14-12-2)39-33-35(41-27-29-43(56-41)50-52-45(3,4)46(5,6)53-50)23-25-37(39)38-26-24-36(34-40(38)49)42-28-30-44(57-42)51-54-47(7,8)48(9,10)55-51/h23-30,33-34H,11-22,31-32H2,1-10H3. The van der Waals surface area contributed by atoms with Gasteiger partial charge in [0, 0.05) is 24.7 Å². The summed E-state index contributed by atoms with van der Waals surface area (Å²) in [5.41, 5.74) is 7.05. The van der Waals surface area contributed by atoms with Gasteiger partial charge in [-0.25, -0.2) is 0 Å². The fourth-order valence-electron chi connectivity index (χ4n) is 9.07. The molecule has 1 aliphatic carbocycles. The first-order chi connectivity index (χ1) is 27.1. The van der Waals surface area contributed by atoms with E-state index in [0.717, 1.165) is 9.55 Å². The fourth-order valence-corrected chi connectivity index (χ4v) is 11.0. The summed E-state index contributed by atoms with van der Waals surface area (Å²) in [5.74, 6) is 0. The summed E-state index contributed by atoms with van der Waals surface area (Å²) >= 11 is 3.63. The van der Waals surface area contributed by atoms with Crippen molar-refractivity contribution in [3.8, 4) is 32.0 Å². The number of fused-ring (bicyclic) bond motifs is 3. The Morgan fingerprint density at radius 1 is 0.439 bits per heavy atom. The van der Waals surface area contributed by atoms with E-state index in [1.807, 2.05) is 22.7 Å². The van der Waals surface area contributed by atoms with Gasteiger partial charge in [0.05, 0.1) is 22.4 Å². The lowest BCUT2D eigenvalue weighted by atomic mass is 9.70. The second-order valence-corrected chi connectivity index (χ2v) is 21.4. The summed E-state index contributed by atoms with van der Waals surface area (Å²) in [6.07, 6.45) is 18.1. The van der Waals surface area contributed by atoms with Crippen LogP contribution in [0.5, 0.6) is 0 Å². The predicted octanol–water partition coefficient (Wildman–Crippen LogP) is 13.5. The topological polar surface area (TPSA) is 36.9 Å². The van der Waals surface area contributed by atoms with Gasteiger partial charge in [0.1, 0.15) is 0 Å². The maximum Gasteiger partial charge on any atom is 0.505 e. The molecule has 7 rings (SSSR count). The maximum absolute atomic E-state index is 6.48. The van der Waals surface area contributed by atoms with Gasteiger partial charge in [-0.3, -0.25) is 0 Å². The lowest BCUT2D eigenvalue weighted by Crippen LogP contribution is -2.41. The first-order valence-electron chi connectivity index (χ1n) is 22.3. The summed E-state index contributed by atoms with van der Waals surface area (Å²) in [7, 11) is -0.680. The van der Waals surface area contributed by atoms with E-state index in [9.17, 15) is 0 Å². The number of thiophene rings is 2. The van der Waals surface area contributed by atoms with Crippen LogP contribution in [0.25, 0.3) is 32.0 Å². The minimum Gasteiger partial charge on any atom is -0.399 e. The molecular formula is C49H68B2O4S2. The molecule has 4 heterocycles. The lowest BCUT2D eigenvalue weighted by molar-refractivity contribution is 0.00578. The monoisotopic (exact) mass is 806 g/mol. The normalized spacial score (nSPS) is 19.7. The highest BCUT2D eigenvalue weighted by atomic mass is 32.1. The molecule has 0 bridgehead atoms. The van der Waals surface area contributed by atoms with E-state index in [2.05, 4.69) is 130 Å². The van der Waals surface area contributed by atoms with Crippen LogP contribution < -0.4 is 9.55 Å². The smallest absolute Gasteiger partial charge is 0.399 e. The molecular weight excluding hydrogens is 738 g/mol. The zero-order chi connectivity index (χ0) is 40.6. The van der Waals surface area contributed by atoms with Crippen LogP contribution in [0.2, 0.25) is 0 Å². The molecule has 2 aromatic heterocycles. The molecule has 4 aromatic rings. The van der Waals surface area contributed by atoms with Crippen molar-refractivity contribution >= 4 is 46.5 Å². The van der Waals surface area contributed by atoms with Crippen molar-refractivity contribution in [2.45, 2.75) is 187 Å². The number of hydrogen-bond acceptors (Lipinski definition) is 6. The van der Waals surface area contributed by atoms with Crippen molar-refractivity contribution in [1.29, 1.82) is 0 Å². The third-order valence-corrected chi connectivity index (χ3v) is 16.4. The Hall–Kier alpha value is -2.19. The minimum absolute atomic E-state index is 0.0240. The molecule has 4 nitrogen and oxygen atoms in total. The zero-order valence-electron chi connectivity index (χ0n) is 36.8. The van der Waals surface area contributed by atoms with Gasteiger partial charge in [0.25, 0.3) is 0 Å². The largest absolute Gasteiger partial charge is 0.505 e. The van der Waals surface area contributed by atoms with Crippen molar-refractivity contribution in [2.75, 3.05) is 0 Å². The van der Waals surface area contributed by atoms with E-state index < -0.39 is 0 Å². The van der Waals surface area contributed by atoms with Crippen LogP contribution in [-0.2, 0) is 24.0 Å². The highest BCUT2D eigenvalue weighted by Gasteiger charge is 2.53. The van der Waals surface area contributed by atoms with Crippen LogP contribution in [-0.4, -0.2) is 36.6 Å². The molecule has 0 N–H and O–H groups in total. The Morgan fingerprint density at radius 2 is 0.789 bits per heavy atom. The van der Waals surface area contributed by atoms with Gasteiger partial charge in [0.15, 0.2) is 0 Å². The molecule has 2 saturated heterocycles. The van der Waals surface area contributed by atoms with Crippen molar-refractivity contribution in [1.82, 2.24) is 0 Å². The van der Waals surface area contributed by atoms with Gasteiger partial charge in [-0.05, 0) is 126 Å². The molecule has 0 atom stereocenters. The molecule has 57 heavy (non-hydrogen) atoms. The quantitative estimate of drug-likeness (QED) is 0.0741. The number of benzene rings is 2. The highest BCUT2D eigenvalue weighted by Crippen LogP contribution is 2.56. The average Bonchev–Trinajstić information content (AvgIpc) is 3.97. The van der Waals surface area contributed by atoms with Crippen LogP contribution in [0.15, 0.2) is 60.7 Å². The maximum atomic E-state index is 6.48. The molecule has 3 aliphatic rings. The van der Waals surface area contributed by atoms with E-state index in [-0.39, 0.29) is 42.1 Å². The first-order valence-corrected chi connectivity index (χ1v) is 24.0. The van der Waals surface area contributed by atoms with Crippen molar-refractivity contribution in [3.63, 3.8) is 0 Å². The average molecular weight is 807 g/mol. The summed E-state index contributed by atoms with van der Waals surface area (Å²) in [6.45, 7) is 21.7. The van der Waals surface area contributed by atoms with E-state index >= 15 is 0 Å². The van der Waals surface area contributed by atoms with Crippen LogP contribution >= 0.6 is 22.7 Å². The molecule has 8 heteroatoms. The SMILES string of the molecule is CCCCCCCCC1(CCCCCCCC)c2cc(-c3ccc(B4OC(C)(C)C(C)(C)O4)s3)ccc2-c2ccc(-c3ccc(B4OC(C)(C)C(C)(C)O4)s3)cc21. The Balaban J connectivity index is 1.25. The summed E-state index contributed by atoms with van der Waals surface area (Å²) < 4.78 is 28.2. The molecule has 2 aliphatic heterocycles. The molecule has 2 fully saturated rings. The molecule has 0 spiro atoms. The minimum atomic E-state index is -0.358. The highest BCUT2D eigenvalue weighted by molar-refractivity contribution is 7.25. The Morgan fingerprint density at radius 3 is 1.16 bits per heavy atom. The zero-order valence-corrected chi connectivity index (χ0v) is 38.4. The van der Waals surface area contributed by atoms with Crippen molar-refractivity contribution in [2.24, 2.45) is 0 Å². The number of unbranched alkanes of at least 4 members (excludes halogenated alkanes) is 10. The van der Waals surface area contributed by atoms with Crippen LogP contribution in [0.3, 0.4) is 0 Å². The molecule has 0 saturated carbocycles. The second-order valence-electron chi connectivity index (χ2n) is 19.2. The number of hydrogen-bond donors (Lipinski definition) is 0. The van der Waals surface area contributed by atoms with Crippen molar-refractivity contribution < 1.29 is 18.6 Å². The third-order valence-electron chi connectivity index (χ3n) is 14.1. The fraction of sp³-hybridized carbons (Fsp3) is 0.592. The number of rotatable bonds is 18. The first kappa shape index (κ1) is 42.9. The molecule has 0 radical (unpaired) electrons. The summed E-state index contributed by atoms with van der Waals surface area (Å²) in [5, 5.41) is 0. The molecule has 0 unspecified atom stereocenters. The summed E-state index contributed by atoms with van der Waals surface area (Å²) in [6, 6.07) is 23.7. The lowest BCUT2D eigenvalue weighted by Gasteiger charge is -2.33. The second kappa shape index (κ2) is 17.1. The van der Waals surface area contributed by atoms with E-state index in [1.54, 1.807) is 0 Å². The van der Waals surface area contributed by atoms with Gasteiger partial charge in [-0.1, -0.05) is 127 Å². The van der Waals surface area contributed by atoms with Crippen LogP contribution in [0.1, 0.15) is 170 Å². The van der Waals surface area contributed by atoms with E-state index in [4.69, 9.17) is 18.6 Å². The Kier molecular flexibility index (Phi) is 12.8. The molecule has 306 valence electrons. The Bertz CT molecular complexity index is 1820. The van der Waals surface area contributed by atoms with Crippen LogP contribution in [0, 0.1) is 0 Å². The molecule has 0 amide bonds. The third kappa shape index (κ3) is 8.57. The Labute approximate surface area is 354 Å². The van der Waals surface area contributed by atoms with Crippen LogP contribution in [0.4, 0.5) is 0 Å². The molecule has 2 aromatic carbocycles. The van der Waals surface area contributed by atoms with Gasteiger partial charge < -0.3 is 18.6 Å². The summed E-state index contributed by atoms with van der Waals surface area (Å²) in [4.78, 5) is 2.56. The van der Waals surface area contributed by atoms with Gasteiger partial charge in [-0.2, -0.15) is 0 Å². The predicted molar refractivity (Wildman–Crippen MR) is 247 cm³/mol. The van der Waals surface area contributed by atoms with E-state index in [0.29, 0.717) is 0 Å². The van der Waals surface area contributed by atoms with Gasteiger partial charge >= 0.3 is 14.2 Å².